The van der Waals surface area contributed by atoms with Crippen molar-refractivity contribution in [1.82, 2.24) is 0 Å². The van der Waals surface area contributed by atoms with E-state index in [1.807, 2.05) is 18.2 Å². The largest absolute Gasteiger partial charge is 0.491 e. The molecule has 0 aromatic heterocycles. The van der Waals surface area contributed by atoms with E-state index in [4.69, 9.17) is 19.9 Å². The van der Waals surface area contributed by atoms with E-state index in [2.05, 4.69) is 13.0 Å². The van der Waals surface area contributed by atoms with Crippen LogP contribution in [0.25, 0.3) is 0 Å². The number of ether oxygens (including phenoxy) is 3. The Labute approximate surface area is 115 Å². The van der Waals surface area contributed by atoms with Crippen LogP contribution < -0.4 is 10.5 Å². The maximum Gasteiger partial charge on any atom is 0.122 e. The standard InChI is InChI=1S/C15H25NO3/c1-3-14(16)12-13-6-4-5-7-15(13)19-11-10-18-9-8-17-2/h4-7,14H,3,8-12,16H2,1-2H3. The molecule has 0 heterocycles. The summed E-state index contributed by atoms with van der Waals surface area (Å²) in [5.41, 5.74) is 7.15. The summed E-state index contributed by atoms with van der Waals surface area (Å²) in [6, 6.07) is 8.22. The van der Waals surface area contributed by atoms with E-state index in [1.54, 1.807) is 7.11 Å². The van der Waals surface area contributed by atoms with Crippen LogP contribution in [-0.2, 0) is 15.9 Å². The Morgan fingerprint density at radius 1 is 1.11 bits per heavy atom. The molecule has 0 aliphatic carbocycles. The molecule has 0 bridgehead atoms. The van der Waals surface area contributed by atoms with Gasteiger partial charge >= 0.3 is 0 Å². The molecular formula is C15H25NO3. The molecular weight excluding hydrogens is 242 g/mol. The minimum atomic E-state index is 0.183. The highest BCUT2D eigenvalue weighted by Gasteiger charge is 2.07. The number of nitrogens with two attached hydrogens (primary N) is 1. The first-order chi connectivity index (χ1) is 9.27. The molecule has 0 aliphatic heterocycles. The minimum absolute atomic E-state index is 0.183. The van der Waals surface area contributed by atoms with Crippen LogP contribution in [0.1, 0.15) is 18.9 Å². The first-order valence-electron chi connectivity index (χ1n) is 6.80. The second-order valence-electron chi connectivity index (χ2n) is 4.43. The van der Waals surface area contributed by atoms with Gasteiger partial charge in [0.1, 0.15) is 12.4 Å². The third kappa shape index (κ3) is 6.57. The summed E-state index contributed by atoms with van der Waals surface area (Å²) in [4.78, 5) is 0. The van der Waals surface area contributed by atoms with Crippen molar-refractivity contribution in [3.63, 3.8) is 0 Å². The van der Waals surface area contributed by atoms with Crippen molar-refractivity contribution in [2.45, 2.75) is 25.8 Å². The van der Waals surface area contributed by atoms with E-state index in [0.29, 0.717) is 26.4 Å². The summed E-state index contributed by atoms with van der Waals surface area (Å²) in [6.45, 7) is 4.42. The zero-order valence-corrected chi connectivity index (χ0v) is 11.9. The van der Waals surface area contributed by atoms with Crippen LogP contribution in [0.4, 0.5) is 0 Å². The van der Waals surface area contributed by atoms with Crippen molar-refractivity contribution in [1.29, 1.82) is 0 Å². The van der Waals surface area contributed by atoms with Crippen molar-refractivity contribution in [3.8, 4) is 5.75 Å². The Morgan fingerprint density at radius 2 is 1.84 bits per heavy atom. The molecule has 2 N–H and O–H groups in total. The normalized spacial score (nSPS) is 12.4. The van der Waals surface area contributed by atoms with Crippen LogP contribution in [0.3, 0.4) is 0 Å². The average molecular weight is 267 g/mol. The summed E-state index contributed by atoms with van der Waals surface area (Å²) in [6.07, 6.45) is 1.81. The fourth-order valence-corrected chi connectivity index (χ4v) is 1.69. The van der Waals surface area contributed by atoms with E-state index < -0.39 is 0 Å². The number of methoxy groups -OCH3 is 1. The number of benzene rings is 1. The van der Waals surface area contributed by atoms with Gasteiger partial charge in [-0.2, -0.15) is 0 Å². The van der Waals surface area contributed by atoms with Crippen LogP contribution in [0.2, 0.25) is 0 Å². The molecule has 19 heavy (non-hydrogen) atoms. The number of hydrogen-bond donors (Lipinski definition) is 1. The van der Waals surface area contributed by atoms with Gasteiger partial charge in [-0.3, -0.25) is 0 Å². The Balaban J connectivity index is 2.36. The Hall–Kier alpha value is -1.10. The lowest BCUT2D eigenvalue weighted by atomic mass is 10.0. The second-order valence-corrected chi connectivity index (χ2v) is 4.43. The predicted molar refractivity (Wildman–Crippen MR) is 76.6 cm³/mol. The Bertz CT molecular complexity index is 344. The zero-order valence-electron chi connectivity index (χ0n) is 11.9. The molecule has 0 saturated carbocycles. The lowest BCUT2D eigenvalue weighted by Crippen LogP contribution is -2.22. The molecule has 0 spiro atoms. The second kappa shape index (κ2) is 9.78. The maximum atomic E-state index is 5.99. The van der Waals surface area contributed by atoms with Gasteiger partial charge in [0.15, 0.2) is 0 Å². The van der Waals surface area contributed by atoms with Crippen molar-refractivity contribution < 1.29 is 14.2 Å². The van der Waals surface area contributed by atoms with E-state index in [0.717, 1.165) is 24.2 Å². The summed E-state index contributed by atoms with van der Waals surface area (Å²) in [7, 11) is 1.66. The molecule has 0 amide bonds. The molecule has 1 aromatic carbocycles. The number of rotatable bonds is 10. The monoisotopic (exact) mass is 267 g/mol. The van der Waals surface area contributed by atoms with Crippen molar-refractivity contribution in [3.05, 3.63) is 29.8 Å². The topological polar surface area (TPSA) is 53.7 Å². The summed E-state index contributed by atoms with van der Waals surface area (Å²) >= 11 is 0. The molecule has 1 atom stereocenters. The smallest absolute Gasteiger partial charge is 0.122 e. The average Bonchev–Trinajstić information content (AvgIpc) is 2.44. The van der Waals surface area contributed by atoms with Gasteiger partial charge < -0.3 is 19.9 Å². The van der Waals surface area contributed by atoms with Gasteiger partial charge in [-0.25, -0.2) is 0 Å². The quantitative estimate of drug-likeness (QED) is 0.659. The lowest BCUT2D eigenvalue weighted by molar-refractivity contribution is 0.0542. The third-order valence-electron chi connectivity index (χ3n) is 2.90. The van der Waals surface area contributed by atoms with Crippen molar-refractivity contribution in [2.24, 2.45) is 5.73 Å². The van der Waals surface area contributed by atoms with Crippen molar-refractivity contribution in [2.75, 3.05) is 33.5 Å². The van der Waals surface area contributed by atoms with Crippen molar-refractivity contribution >= 4 is 0 Å². The molecule has 108 valence electrons. The third-order valence-corrected chi connectivity index (χ3v) is 2.90. The van der Waals surface area contributed by atoms with Gasteiger partial charge in [-0.1, -0.05) is 25.1 Å². The Kier molecular flexibility index (Phi) is 8.21. The number of hydrogen-bond acceptors (Lipinski definition) is 4. The molecule has 1 unspecified atom stereocenters. The molecule has 1 aromatic rings. The summed E-state index contributed by atoms with van der Waals surface area (Å²) < 4.78 is 16.0. The number of para-hydroxylation sites is 1. The predicted octanol–water partition coefficient (Wildman–Crippen LogP) is 2.01. The van der Waals surface area contributed by atoms with Gasteiger partial charge in [0.05, 0.1) is 19.8 Å². The zero-order chi connectivity index (χ0) is 13.9. The van der Waals surface area contributed by atoms with Crippen LogP contribution in [0, 0.1) is 0 Å². The van der Waals surface area contributed by atoms with Crippen LogP contribution in [0.5, 0.6) is 5.75 Å². The van der Waals surface area contributed by atoms with E-state index in [1.165, 1.54) is 0 Å². The van der Waals surface area contributed by atoms with E-state index in [-0.39, 0.29) is 6.04 Å². The van der Waals surface area contributed by atoms with Gasteiger partial charge in [0, 0.05) is 13.2 Å². The fourth-order valence-electron chi connectivity index (χ4n) is 1.69. The van der Waals surface area contributed by atoms with Gasteiger partial charge in [-0.15, -0.1) is 0 Å². The fraction of sp³-hybridized carbons (Fsp3) is 0.600. The highest BCUT2D eigenvalue weighted by molar-refractivity contribution is 5.33. The molecule has 1 rings (SSSR count). The molecule has 0 fully saturated rings. The summed E-state index contributed by atoms with van der Waals surface area (Å²) in [5, 5.41) is 0. The lowest BCUT2D eigenvalue weighted by Gasteiger charge is -2.14. The molecule has 4 nitrogen and oxygen atoms in total. The minimum Gasteiger partial charge on any atom is -0.491 e. The first kappa shape index (κ1) is 16.0. The summed E-state index contributed by atoms with van der Waals surface area (Å²) in [5.74, 6) is 0.904. The SMILES string of the molecule is CCC(N)Cc1ccccc1OCCOCCOC. The molecule has 0 saturated heterocycles. The van der Waals surface area contributed by atoms with Gasteiger partial charge in [0.2, 0.25) is 0 Å². The molecule has 0 radical (unpaired) electrons. The van der Waals surface area contributed by atoms with E-state index >= 15 is 0 Å². The molecule has 4 heteroatoms. The van der Waals surface area contributed by atoms with Crippen LogP contribution >= 0.6 is 0 Å². The van der Waals surface area contributed by atoms with Gasteiger partial charge in [0.25, 0.3) is 0 Å². The van der Waals surface area contributed by atoms with Crippen LogP contribution in [-0.4, -0.2) is 39.6 Å². The van der Waals surface area contributed by atoms with Gasteiger partial charge in [-0.05, 0) is 24.5 Å². The van der Waals surface area contributed by atoms with Crippen LogP contribution in [0.15, 0.2) is 24.3 Å². The first-order valence-corrected chi connectivity index (χ1v) is 6.80. The maximum absolute atomic E-state index is 5.99. The highest BCUT2D eigenvalue weighted by Crippen LogP contribution is 2.19. The molecule has 0 aliphatic rings. The van der Waals surface area contributed by atoms with E-state index in [9.17, 15) is 0 Å². The Morgan fingerprint density at radius 3 is 2.58 bits per heavy atom. The highest BCUT2D eigenvalue weighted by atomic mass is 16.5.